The van der Waals surface area contributed by atoms with Crippen molar-refractivity contribution in [2.75, 3.05) is 27.3 Å². The summed E-state index contributed by atoms with van der Waals surface area (Å²) in [6, 6.07) is 10.0. The van der Waals surface area contributed by atoms with Crippen molar-refractivity contribution in [3.63, 3.8) is 0 Å². The first-order chi connectivity index (χ1) is 16.4. The monoisotopic (exact) mass is 465 g/mol. The Morgan fingerprint density at radius 2 is 1.91 bits per heavy atom. The minimum Gasteiger partial charge on any atom is -0.493 e. The first-order valence-electron chi connectivity index (χ1n) is 10.8. The predicted molar refractivity (Wildman–Crippen MR) is 121 cm³/mol. The summed E-state index contributed by atoms with van der Waals surface area (Å²) < 4.78 is 12.1. The third kappa shape index (κ3) is 3.58. The van der Waals surface area contributed by atoms with Gasteiger partial charge in [0.2, 0.25) is 0 Å². The molecule has 0 spiro atoms. The highest BCUT2D eigenvalue weighted by molar-refractivity contribution is 5.93. The summed E-state index contributed by atoms with van der Waals surface area (Å²) >= 11 is 0. The molecule has 5 rings (SSSR count). The van der Waals surface area contributed by atoms with E-state index in [2.05, 4.69) is 10.2 Å². The van der Waals surface area contributed by atoms with Crippen molar-refractivity contribution in [1.82, 2.24) is 19.7 Å². The second-order valence-electron chi connectivity index (χ2n) is 8.56. The van der Waals surface area contributed by atoms with Crippen LogP contribution in [0.4, 0.5) is 5.69 Å². The maximum absolute atomic E-state index is 13.3. The fraction of sp³-hybridized carbons (Fsp3) is 0.348. The number of methoxy groups -OCH3 is 2. The molecule has 1 aromatic carbocycles. The lowest BCUT2D eigenvalue weighted by Gasteiger charge is -2.42. The van der Waals surface area contributed by atoms with Gasteiger partial charge in [0.25, 0.3) is 5.91 Å². The molecule has 2 aliphatic heterocycles. The third-order valence-electron chi connectivity index (χ3n) is 6.56. The van der Waals surface area contributed by atoms with E-state index in [-0.39, 0.29) is 17.7 Å². The third-order valence-corrected chi connectivity index (χ3v) is 6.56. The van der Waals surface area contributed by atoms with Crippen LogP contribution in [0.25, 0.3) is 11.3 Å². The van der Waals surface area contributed by atoms with Gasteiger partial charge in [-0.1, -0.05) is 0 Å². The molecule has 2 aromatic heterocycles. The number of pyridine rings is 1. The molecule has 2 aliphatic rings. The Bertz CT molecular complexity index is 1350. The summed E-state index contributed by atoms with van der Waals surface area (Å²) in [7, 11) is 3.12. The van der Waals surface area contributed by atoms with Crippen LogP contribution >= 0.6 is 0 Å². The summed E-state index contributed by atoms with van der Waals surface area (Å²) in [4.78, 5) is 38.1. The Kier molecular flexibility index (Phi) is 5.31. The van der Waals surface area contributed by atoms with Gasteiger partial charge in [-0.2, -0.15) is 5.10 Å². The molecule has 1 amide bonds. The van der Waals surface area contributed by atoms with Crippen molar-refractivity contribution in [2.24, 2.45) is 5.92 Å². The number of hydrogen-bond acceptors (Lipinski definition) is 7. The number of aromatic amines is 1. The first kappa shape index (κ1) is 21.7. The number of carbonyl (C=O) groups excluding carboxylic acids is 1. The number of likely N-dealkylation sites (tertiary alicyclic amines) is 1. The predicted octanol–water partition coefficient (Wildman–Crippen LogP) is 2.42. The molecular weight excluding hydrogens is 442 g/mol. The molecule has 176 valence electrons. The molecule has 4 heterocycles. The van der Waals surface area contributed by atoms with Crippen LogP contribution in [0.5, 0.6) is 11.5 Å². The van der Waals surface area contributed by atoms with E-state index in [9.17, 15) is 19.7 Å². The van der Waals surface area contributed by atoms with Gasteiger partial charge in [-0.05, 0) is 42.7 Å². The van der Waals surface area contributed by atoms with Gasteiger partial charge in [0, 0.05) is 42.9 Å². The SMILES string of the molecule is COc1ccc(-c2cc(C(=O)N3C[C@@H]4C[C@@H](C3)c3ccc([N+](=O)[O-])c(=O)n3C4)[nH]n2)cc1OC. The minimum absolute atomic E-state index is 0.0446. The zero-order valence-electron chi connectivity index (χ0n) is 18.7. The van der Waals surface area contributed by atoms with Gasteiger partial charge >= 0.3 is 11.2 Å². The minimum atomic E-state index is -0.649. The number of amides is 1. The van der Waals surface area contributed by atoms with Crippen molar-refractivity contribution in [2.45, 2.75) is 18.9 Å². The standard InChI is InChI=1S/C23H23N5O6/c1-33-20-6-3-14(8-21(20)34-2)16-9-17(25-24-16)22(29)26-10-13-7-15(12-26)18-4-5-19(28(31)32)23(30)27(18)11-13/h3-6,8-9,13,15H,7,10-12H2,1-2H3,(H,24,25)/t13-,15-/m0/s1. The van der Waals surface area contributed by atoms with Gasteiger partial charge in [-0.3, -0.25) is 24.8 Å². The van der Waals surface area contributed by atoms with Crippen molar-refractivity contribution >= 4 is 11.6 Å². The number of rotatable bonds is 5. The molecule has 0 unspecified atom stereocenters. The van der Waals surface area contributed by atoms with Gasteiger partial charge in [0.1, 0.15) is 5.69 Å². The van der Waals surface area contributed by atoms with Crippen LogP contribution in [-0.2, 0) is 6.54 Å². The van der Waals surface area contributed by atoms with Crippen molar-refractivity contribution < 1.29 is 19.2 Å². The topological polar surface area (TPSA) is 133 Å². The highest BCUT2D eigenvalue weighted by Crippen LogP contribution is 2.36. The second-order valence-corrected chi connectivity index (χ2v) is 8.56. The summed E-state index contributed by atoms with van der Waals surface area (Å²) in [5, 5.41) is 18.3. The van der Waals surface area contributed by atoms with Crippen LogP contribution in [0.3, 0.4) is 0 Å². The Morgan fingerprint density at radius 1 is 1.12 bits per heavy atom. The van der Waals surface area contributed by atoms with Crippen molar-refractivity contribution in [1.29, 1.82) is 0 Å². The van der Waals surface area contributed by atoms with Crippen LogP contribution in [0.15, 0.2) is 41.2 Å². The summed E-state index contributed by atoms with van der Waals surface area (Å²) in [5.41, 5.74) is 1.48. The van der Waals surface area contributed by atoms with Gasteiger partial charge in [0.05, 0.1) is 24.8 Å². The molecule has 3 aromatic rings. The van der Waals surface area contributed by atoms with E-state index in [0.29, 0.717) is 42.5 Å². The second kappa shape index (κ2) is 8.32. The number of carbonyl (C=O) groups is 1. The van der Waals surface area contributed by atoms with Gasteiger partial charge in [0.15, 0.2) is 11.5 Å². The molecular formula is C23H23N5O6. The molecule has 11 nitrogen and oxygen atoms in total. The maximum atomic E-state index is 13.3. The van der Waals surface area contributed by atoms with E-state index in [4.69, 9.17) is 9.47 Å². The molecule has 1 N–H and O–H groups in total. The highest BCUT2D eigenvalue weighted by Gasteiger charge is 2.38. The van der Waals surface area contributed by atoms with E-state index < -0.39 is 16.2 Å². The molecule has 0 saturated carbocycles. The van der Waals surface area contributed by atoms with E-state index in [1.807, 2.05) is 6.07 Å². The lowest BCUT2D eigenvalue weighted by molar-refractivity contribution is -0.386. The zero-order valence-corrected chi connectivity index (χ0v) is 18.7. The van der Waals surface area contributed by atoms with Crippen LogP contribution in [0.1, 0.15) is 28.5 Å². The molecule has 1 fully saturated rings. The number of piperidine rings is 1. The normalized spacial score (nSPS) is 18.8. The van der Waals surface area contributed by atoms with Crippen molar-refractivity contribution in [3.05, 3.63) is 68.3 Å². The first-order valence-corrected chi connectivity index (χ1v) is 10.8. The summed E-state index contributed by atoms with van der Waals surface area (Å²) in [5.74, 6) is 0.976. The van der Waals surface area contributed by atoms with Crippen LogP contribution in [0, 0.1) is 16.0 Å². The Balaban J connectivity index is 1.38. The summed E-state index contributed by atoms with van der Waals surface area (Å²) in [6.07, 6.45) is 0.834. The number of nitrogens with zero attached hydrogens (tertiary/aromatic N) is 4. The molecule has 2 bridgehead atoms. The average molecular weight is 465 g/mol. The number of benzene rings is 1. The number of nitrogens with one attached hydrogen (secondary N) is 1. The fourth-order valence-electron chi connectivity index (χ4n) is 4.98. The van der Waals surface area contributed by atoms with Gasteiger partial charge in [-0.15, -0.1) is 0 Å². The van der Waals surface area contributed by atoms with E-state index in [0.717, 1.165) is 17.7 Å². The quantitative estimate of drug-likeness (QED) is 0.452. The lowest BCUT2D eigenvalue weighted by atomic mass is 9.83. The Morgan fingerprint density at radius 3 is 2.65 bits per heavy atom. The summed E-state index contributed by atoms with van der Waals surface area (Å²) in [6.45, 7) is 1.25. The van der Waals surface area contributed by atoms with E-state index in [1.54, 1.807) is 43.4 Å². The molecule has 0 radical (unpaired) electrons. The number of H-pyrrole nitrogens is 1. The van der Waals surface area contributed by atoms with Crippen LogP contribution < -0.4 is 15.0 Å². The molecule has 2 atom stereocenters. The fourth-order valence-corrected chi connectivity index (χ4v) is 4.98. The molecule has 1 saturated heterocycles. The van der Waals surface area contributed by atoms with Gasteiger partial charge < -0.3 is 18.9 Å². The number of ether oxygens (including phenoxy) is 2. The Labute approximate surface area is 194 Å². The molecule has 0 aliphatic carbocycles. The highest BCUT2D eigenvalue weighted by atomic mass is 16.6. The average Bonchev–Trinajstić information content (AvgIpc) is 3.33. The lowest BCUT2D eigenvalue weighted by Crippen LogP contribution is -2.49. The van der Waals surface area contributed by atoms with Gasteiger partial charge in [-0.25, -0.2) is 0 Å². The smallest absolute Gasteiger partial charge is 0.334 e. The van der Waals surface area contributed by atoms with Crippen LogP contribution in [-0.4, -0.2) is 57.8 Å². The number of aromatic nitrogens is 3. The van der Waals surface area contributed by atoms with Crippen LogP contribution in [0.2, 0.25) is 0 Å². The van der Waals surface area contributed by atoms with E-state index in [1.165, 1.54) is 10.6 Å². The maximum Gasteiger partial charge on any atom is 0.334 e. The largest absolute Gasteiger partial charge is 0.493 e. The molecule has 11 heteroatoms. The molecule has 34 heavy (non-hydrogen) atoms. The number of hydrogen-bond donors (Lipinski definition) is 1. The van der Waals surface area contributed by atoms with Crippen molar-refractivity contribution in [3.8, 4) is 22.8 Å². The van der Waals surface area contributed by atoms with E-state index >= 15 is 0 Å². The zero-order chi connectivity index (χ0) is 24.0. The Hall–Kier alpha value is -4.15. The number of nitro groups is 1. The number of fused-ring (bicyclic) bond motifs is 4.